The largest absolute Gasteiger partial charge is 0.295 e. The second kappa shape index (κ2) is 15.3. The summed E-state index contributed by atoms with van der Waals surface area (Å²) in [4.78, 5) is 27.2. The van der Waals surface area contributed by atoms with E-state index < -0.39 is 0 Å². The molecule has 8 aliphatic rings. The van der Waals surface area contributed by atoms with Crippen molar-refractivity contribution >= 4 is 11.6 Å². The van der Waals surface area contributed by atoms with Gasteiger partial charge in [0.05, 0.1) is 0 Å². The number of hydrogen-bond acceptors (Lipinski definition) is 2. The monoisotopic (exact) mass is 787 g/mol. The van der Waals surface area contributed by atoms with Gasteiger partial charge in [-0.3, -0.25) is 9.59 Å². The predicted octanol–water partition coefficient (Wildman–Crippen LogP) is 14.5. The zero-order valence-corrected chi connectivity index (χ0v) is 39.0. The van der Waals surface area contributed by atoms with E-state index in [-0.39, 0.29) is 22.7 Å². The minimum Gasteiger partial charge on any atom is -0.295 e. The SMILES string of the molecule is CC(C)[C@@H](C)/C=C/[C@@H](C)[C@H]1CC[C@H]2C3=C[C@H]([C@H]4C=C5[C@@H]6CC[C@H]([C@H](C)/C=C/[C@H](C)C(C)C)[C@@]6(C)CC[C@@H]5[C@@]5(C)CCC(=O)C=C45)C4=CC(=O)CC[C@]4(C)[C@H]3CC[C@]12C. The van der Waals surface area contributed by atoms with Crippen LogP contribution in [0.2, 0.25) is 0 Å². The predicted molar refractivity (Wildman–Crippen MR) is 243 cm³/mol. The van der Waals surface area contributed by atoms with Crippen molar-refractivity contribution in [3.8, 4) is 0 Å². The molecule has 0 aromatic carbocycles. The quantitative estimate of drug-likeness (QED) is 0.218. The Morgan fingerprint density at radius 3 is 1.24 bits per heavy atom. The minimum atomic E-state index is -0.000290. The van der Waals surface area contributed by atoms with Crippen molar-refractivity contribution in [2.75, 3.05) is 0 Å². The van der Waals surface area contributed by atoms with Crippen molar-refractivity contribution in [3.63, 3.8) is 0 Å². The molecule has 2 nitrogen and oxygen atoms in total. The maximum Gasteiger partial charge on any atom is 0.155 e. The van der Waals surface area contributed by atoms with Gasteiger partial charge in [0.25, 0.3) is 0 Å². The first kappa shape index (κ1) is 42.5. The molecule has 0 N–H and O–H groups in total. The summed E-state index contributed by atoms with van der Waals surface area (Å²) < 4.78 is 0. The molecule has 16 atom stereocenters. The van der Waals surface area contributed by atoms with Crippen LogP contribution >= 0.6 is 0 Å². The van der Waals surface area contributed by atoms with Gasteiger partial charge < -0.3 is 0 Å². The Hall–Kier alpha value is -2.22. The van der Waals surface area contributed by atoms with E-state index in [1.165, 1.54) is 62.5 Å². The second-order valence-electron chi connectivity index (χ2n) is 23.7. The van der Waals surface area contributed by atoms with Crippen LogP contribution < -0.4 is 0 Å². The van der Waals surface area contributed by atoms with E-state index in [2.05, 4.69) is 132 Å². The van der Waals surface area contributed by atoms with E-state index >= 15 is 0 Å². The lowest BCUT2D eigenvalue weighted by molar-refractivity contribution is -0.117. The van der Waals surface area contributed by atoms with E-state index in [1.807, 2.05) is 0 Å². The number of hydrogen-bond donors (Lipinski definition) is 0. The zero-order chi connectivity index (χ0) is 41.7. The Morgan fingerprint density at radius 1 is 0.500 bits per heavy atom. The number of allylic oxidation sites excluding steroid dienone is 12. The third-order valence-corrected chi connectivity index (χ3v) is 20.3. The molecule has 0 aromatic heterocycles. The summed E-state index contributed by atoms with van der Waals surface area (Å²) >= 11 is 0. The van der Waals surface area contributed by atoms with Crippen LogP contribution in [0.1, 0.15) is 160 Å². The van der Waals surface area contributed by atoms with Gasteiger partial charge in [-0.1, -0.05) is 142 Å². The molecular weight excluding hydrogens is 705 g/mol. The molecule has 0 heterocycles. The number of fused-ring (bicyclic) bond motifs is 10. The Labute approximate surface area is 355 Å². The highest BCUT2D eigenvalue weighted by molar-refractivity contribution is 5.93. The van der Waals surface area contributed by atoms with Crippen molar-refractivity contribution in [1.29, 1.82) is 0 Å². The molecular formula is C56H82O2. The Morgan fingerprint density at radius 2 is 0.879 bits per heavy atom. The van der Waals surface area contributed by atoms with Gasteiger partial charge in [-0.15, -0.1) is 0 Å². The van der Waals surface area contributed by atoms with Crippen molar-refractivity contribution in [3.05, 3.63) is 70.9 Å². The Bertz CT molecular complexity index is 1700. The molecule has 0 spiro atoms. The van der Waals surface area contributed by atoms with E-state index in [0.29, 0.717) is 106 Å². The van der Waals surface area contributed by atoms with Crippen LogP contribution in [-0.2, 0) is 9.59 Å². The molecule has 4 fully saturated rings. The first-order valence-electron chi connectivity index (χ1n) is 24.6. The van der Waals surface area contributed by atoms with Gasteiger partial charge >= 0.3 is 0 Å². The molecule has 8 aliphatic carbocycles. The zero-order valence-electron chi connectivity index (χ0n) is 39.0. The van der Waals surface area contributed by atoms with Gasteiger partial charge in [-0.25, -0.2) is 0 Å². The van der Waals surface area contributed by atoms with E-state index in [1.54, 1.807) is 11.1 Å². The van der Waals surface area contributed by atoms with Crippen LogP contribution in [0.15, 0.2) is 70.9 Å². The molecule has 0 unspecified atom stereocenters. The van der Waals surface area contributed by atoms with E-state index in [0.717, 1.165) is 12.8 Å². The number of carbonyl (C=O) groups excluding carboxylic acids is 2. The van der Waals surface area contributed by atoms with Gasteiger partial charge in [0, 0.05) is 24.7 Å². The summed E-state index contributed by atoms with van der Waals surface area (Å²) in [6, 6.07) is 0. The molecule has 318 valence electrons. The third-order valence-electron chi connectivity index (χ3n) is 20.3. The van der Waals surface area contributed by atoms with Gasteiger partial charge in [0.15, 0.2) is 11.6 Å². The Balaban J connectivity index is 1.21. The molecule has 4 saturated carbocycles. The first-order valence-corrected chi connectivity index (χ1v) is 24.6. The number of rotatable bonds is 9. The van der Waals surface area contributed by atoms with E-state index in [9.17, 15) is 9.59 Å². The average molecular weight is 787 g/mol. The van der Waals surface area contributed by atoms with Crippen molar-refractivity contribution < 1.29 is 9.59 Å². The van der Waals surface area contributed by atoms with Crippen LogP contribution in [0.25, 0.3) is 0 Å². The fraction of sp³-hybridized carbons (Fsp3) is 0.750. The summed E-state index contributed by atoms with van der Waals surface area (Å²) in [5, 5.41) is 0. The summed E-state index contributed by atoms with van der Waals surface area (Å²) in [5.74, 6) is 8.32. The normalized spacial score (nSPS) is 44.4. The summed E-state index contributed by atoms with van der Waals surface area (Å²) in [7, 11) is 0. The fourth-order valence-corrected chi connectivity index (χ4v) is 15.8. The summed E-state index contributed by atoms with van der Waals surface area (Å²) in [6.45, 7) is 29.6. The highest BCUT2D eigenvalue weighted by Crippen LogP contribution is 2.71. The maximum atomic E-state index is 13.6. The number of ketones is 2. The van der Waals surface area contributed by atoms with Gasteiger partial charge in [-0.05, 0) is 169 Å². The van der Waals surface area contributed by atoms with Crippen LogP contribution in [0.5, 0.6) is 0 Å². The lowest BCUT2D eigenvalue weighted by Crippen LogP contribution is -2.51. The topological polar surface area (TPSA) is 34.1 Å². The maximum absolute atomic E-state index is 13.6. The van der Waals surface area contributed by atoms with Crippen LogP contribution in [0.3, 0.4) is 0 Å². The van der Waals surface area contributed by atoms with Crippen molar-refractivity contribution in [1.82, 2.24) is 0 Å². The van der Waals surface area contributed by atoms with Gasteiger partial charge in [0.2, 0.25) is 0 Å². The van der Waals surface area contributed by atoms with E-state index in [4.69, 9.17) is 0 Å². The number of carbonyl (C=O) groups is 2. The van der Waals surface area contributed by atoms with Crippen LogP contribution in [0.4, 0.5) is 0 Å². The highest BCUT2D eigenvalue weighted by Gasteiger charge is 2.62. The molecule has 8 rings (SSSR count). The van der Waals surface area contributed by atoms with Crippen LogP contribution in [-0.4, -0.2) is 11.6 Å². The fourth-order valence-electron chi connectivity index (χ4n) is 15.8. The molecule has 0 saturated heterocycles. The average Bonchev–Trinajstić information content (AvgIpc) is 3.73. The lowest BCUT2D eigenvalue weighted by atomic mass is 9.44. The standard InChI is InChI=1S/C56H82O2/c1-33(2)35(5)13-15-37(7)45-17-19-47-43-31-41(51-29-39(57)21-25-55(51,11)49(43)23-27-53(45,47)9)42-32-44-48-20-18-46(38(8)16-14-36(6)34(3)4)54(48,10)28-24-50(44)56(12)26-22-40(58)30-52(42)56/h13-16,29-38,41-42,45-50H,17-28H2,1-12H3/b15-13+,16-14+/t35-,36-,37+,38+,41+,42+,45+,46+,47-,48-,49-,50-,53+,54+,55+,56+/m0/s1. The molecule has 0 aromatic rings. The lowest BCUT2D eigenvalue weighted by Gasteiger charge is -2.60. The summed E-state index contributed by atoms with van der Waals surface area (Å²) in [6.07, 6.45) is 33.6. The van der Waals surface area contributed by atoms with Crippen LogP contribution in [0, 0.1) is 105 Å². The molecule has 0 aliphatic heterocycles. The van der Waals surface area contributed by atoms with Crippen molar-refractivity contribution in [2.24, 2.45) is 105 Å². The summed E-state index contributed by atoms with van der Waals surface area (Å²) in [5.41, 5.74) is 6.92. The smallest absolute Gasteiger partial charge is 0.155 e. The molecule has 0 bridgehead atoms. The second-order valence-corrected chi connectivity index (χ2v) is 23.7. The first-order chi connectivity index (χ1) is 27.3. The van der Waals surface area contributed by atoms with Crippen molar-refractivity contribution in [2.45, 2.75) is 160 Å². The Kier molecular flexibility index (Phi) is 11.2. The molecule has 2 heteroatoms. The highest BCUT2D eigenvalue weighted by atomic mass is 16.1. The molecule has 0 amide bonds. The third kappa shape index (κ3) is 6.68. The van der Waals surface area contributed by atoms with Gasteiger partial charge in [0.1, 0.15) is 0 Å². The molecule has 0 radical (unpaired) electrons. The minimum absolute atomic E-state index is 0.000290. The van der Waals surface area contributed by atoms with Gasteiger partial charge in [-0.2, -0.15) is 0 Å². The molecule has 58 heavy (non-hydrogen) atoms.